The lowest BCUT2D eigenvalue weighted by Crippen LogP contribution is -2.76. The van der Waals surface area contributed by atoms with Gasteiger partial charge in [0.1, 0.15) is 0 Å². The Morgan fingerprint density at radius 2 is 2.33 bits per heavy atom. The Morgan fingerprint density at radius 1 is 1.67 bits per heavy atom. The standard InChI is InChI=1S/C5H13N/c1-3-4-5-6-2/h2-6H2,1H3. The molecular formula is C5H13N. The van der Waals surface area contributed by atoms with Gasteiger partial charge in [0, 0.05) is 0 Å². The molecule has 0 atom stereocenters. The van der Waals surface area contributed by atoms with E-state index in [1.165, 1.54) is 19.4 Å². The number of quaternary nitrogens is 1. The van der Waals surface area contributed by atoms with Gasteiger partial charge in [-0.25, -0.2) is 0 Å². The van der Waals surface area contributed by atoms with Crippen molar-refractivity contribution in [3.8, 4) is 0 Å². The maximum atomic E-state index is 3.60. The molecule has 0 spiro atoms. The van der Waals surface area contributed by atoms with Crippen molar-refractivity contribution in [3.63, 3.8) is 0 Å². The number of hydrogen-bond donors (Lipinski definition) is 1. The van der Waals surface area contributed by atoms with E-state index in [1.54, 1.807) is 0 Å². The van der Waals surface area contributed by atoms with E-state index >= 15 is 0 Å². The second kappa shape index (κ2) is 4.96. The van der Waals surface area contributed by atoms with Crippen molar-refractivity contribution in [3.05, 3.63) is 7.05 Å². The molecule has 0 unspecified atom stereocenters. The lowest BCUT2D eigenvalue weighted by atomic mass is 10.3. The Balaban J connectivity index is 2.34. The van der Waals surface area contributed by atoms with E-state index in [0.717, 1.165) is 0 Å². The summed E-state index contributed by atoms with van der Waals surface area (Å²) in [7, 11) is 3.60. The molecule has 0 saturated heterocycles. The van der Waals surface area contributed by atoms with Gasteiger partial charge in [0.15, 0.2) is 0 Å². The summed E-state index contributed by atoms with van der Waals surface area (Å²) in [6.07, 6.45) is 2.58. The first kappa shape index (κ1) is 5.96. The van der Waals surface area contributed by atoms with Crippen molar-refractivity contribution in [2.24, 2.45) is 0 Å². The van der Waals surface area contributed by atoms with Gasteiger partial charge in [-0.3, -0.25) is 0 Å². The van der Waals surface area contributed by atoms with Crippen molar-refractivity contribution in [1.82, 2.24) is 0 Å². The summed E-state index contributed by atoms with van der Waals surface area (Å²) < 4.78 is 0. The lowest BCUT2D eigenvalue weighted by molar-refractivity contribution is -0.595. The number of rotatable bonds is 3. The predicted molar refractivity (Wildman–Crippen MR) is 27.1 cm³/mol. The van der Waals surface area contributed by atoms with Crippen molar-refractivity contribution < 1.29 is 5.32 Å². The van der Waals surface area contributed by atoms with Crippen LogP contribution in [-0.4, -0.2) is 6.54 Å². The molecule has 38 valence electrons. The van der Waals surface area contributed by atoms with Crippen LogP contribution in [0.1, 0.15) is 19.8 Å². The van der Waals surface area contributed by atoms with Crippen LogP contribution in [-0.2, 0) is 0 Å². The zero-order valence-electron chi connectivity index (χ0n) is 4.41. The van der Waals surface area contributed by atoms with Crippen LogP contribution in [0.15, 0.2) is 0 Å². The maximum absolute atomic E-state index is 3.60. The average Bonchev–Trinajstić information content (AvgIpc) is 1.61. The molecule has 0 fully saturated rings. The van der Waals surface area contributed by atoms with Crippen LogP contribution < -0.4 is 5.32 Å². The monoisotopic (exact) mass is 87.1 g/mol. The molecule has 6 heavy (non-hydrogen) atoms. The smallest absolute Gasteiger partial charge is 0.0515 e. The zero-order chi connectivity index (χ0) is 4.83. The first-order valence-corrected chi connectivity index (χ1v) is 2.52. The fourth-order valence-electron chi connectivity index (χ4n) is 0.348. The Labute approximate surface area is 39.7 Å². The van der Waals surface area contributed by atoms with Gasteiger partial charge in [-0.05, 0) is 6.42 Å². The largest absolute Gasteiger partial charge is 0.479 e. The summed E-state index contributed by atoms with van der Waals surface area (Å²) in [5.74, 6) is 0. The molecule has 2 N–H and O–H groups in total. The van der Waals surface area contributed by atoms with Crippen LogP contribution in [0.2, 0.25) is 0 Å². The summed E-state index contributed by atoms with van der Waals surface area (Å²) in [5.41, 5.74) is 0. The van der Waals surface area contributed by atoms with Crippen LogP contribution in [0.25, 0.3) is 0 Å². The van der Waals surface area contributed by atoms with Crippen LogP contribution in [0, 0.1) is 7.05 Å². The van der Waals surface area contributed by atoms with Crippen LogP contribution >= 0.6 is 0 Å². The average molecular weight is 87.2 g/mol. The minimum absolute atomic E-state index is 1.18. The molecular weight excluding hydrogens is 74.1 g/mol. The van der Waals surface area contributed by atoms with E-state index in [0.29, 0.717) is 0 Å². The Hall–Kier alpha value is -0.0400. The second-order valence-electron chi connectivity index (χ2n) is 1.43. The van der Waals surface area contributed by atoms with E-state index in [1.807, 2.05) is 5.32 Å². The molecule has 0 aliphatic rings. The number of hydrogen-bond acceptors (Lipinski definition) is 0. The first-order chi connectivity index (χ1) is 2.91. The molecule has 1 heteroatoms. The zero-order valence-corrected chi connectivity index (χ0v) is 4.41. The summed E-state index contributed by atoms with van der Waals surface area (Å²) in [6, 6.07) is 0. The van der Waals surface area contributed by atoms with Gasteiger partial charge < -0.3 is 5.32 Å². The Bertz CT molecular complexity index is 15.9. The molecule has 0 radical (unpaired) electrons. The third kappa shape index (κ3) is 3.96. The van der Waals surface area contributed by atoms with Crippen LogP contribution in [0.3, 0.4) is 0 Å². The molecule has 0 aromatic heterocycles. The molecule has 0 aliphatic carbocycles. The van der Waals surface area contributed by atoms with E-state index in [2.05, 4.69) is 14.0 Å². The van der Waals surface area contributed by atoms with Gasteiger partial charge in [0.05, 0.1) is 6.54 Å². The Kier molecular flexibility index (Phi) is 4.93. The molecule has 0 aliphatic heterocycles. The molecule has 0 saturated carbocycles. The molecule has 0 bridgehead atoms. The summed E-state index contributed by atoms with van der Waals surface area (Å²) in [5, 5.41) is 1.96. The highest BCUT2D eigenvalue weighted by molar-refractivity contribution is 4.23. The fourth-order valence-corrected chi connectivity index (χ4v) is 0.348. The Morgan fingerprint density at radius 3 is 2.50 bits per heavy atom. The molecule has 0 rings (SSSR count). The highest BCUT2D eigenvalue weighted by Crippen LogP contribution is 1.76. The maximum Gasteiger partial charge on any atom is 0.0515 e. The highest BCUT2D eigenvalue weighted by Gasteiger charge is 1.73. The van der Waals surface area contributed by atoms with E-state index in [-0.39, 0.29) is 0 Å². The normalized spacial score (nSPS) is 9.00. The lowest BCUT2D eigenvalue weighted by Gasteiger charge is -1.93. The summed E-state index contributed by atoms with van der Waals surface area (Å²) in [6.45, 7) is 3.36. The van der Waals surface area contributed by atoms with Gasteiger partial charge in [0.2, 0.25) is 0 Å². The summed E-state index contributed by atoms with van der Waals surface area (Å²) in [4.78, 5) is 0. The number of unbranched alkanes of at least 4 members (excludes halogenated alkanes) is 1. The molecule has 0 heterocycles. The quantitative estimate of drug-likeness (QED) is 0.372. The van der Waals surface area contributed by atoms with Crippen LogP contribution in [0.4, 0.5) is 0 Å². The van der Waals surface area contributed by atoms with Gasteiger partial charge in [-0.15, -0.1) is 0 Å². The van der Waals surface area contributed by atoms with Gasteiger partial charge in [-0.1, -0.05) is 13.3 Å². The van der Waals surface area contributed by atoms with Crippen LogP contribution in [0.5, 0.6) is 0 Å². The highest BCUT2D eigenvalue weighted by atomic mass is 14.8. The van der Waals surface area contributed by atoms with Gasteiger partial charge in [-0.2, -0.15) is 7.05 Å². The topological polar surface area (TPSA) is 16.6 Å². The van der Waals surface area contributed by atoms with E-state index in [9.17, 15) is 0 Å². The second-order valence-corrected chi connectivity index (χ2v) is 1.43. The minimum Gasteiger partial charge on any atom is -0.479 e. The van der Waals surface area contributed by atoms with Gasteiger partial charge in [0.25, 0.3) is 0 Å². The molecule has 0 aromatic carbocycles. The van der Waals surface area contributed by atoms with Crippen molar-refractivity contribution in [2.45, 2.75) is 19.8 Å². The van der Waals surface area contributed by atoms with Gasteiger partial charge >= 0.3 is 0 Å². The minimum atomic E-state index is 1.18. The SMILES string of the molecule is [CH2-][NH2+]CCCC. The number of nitrogens with two attached hydrogens (primary N) is 1. The summed E-state index contributed by atoms with van der Waals surface area (Å²) >= 11 is 0. The third-order valence-electron chi connectivity index (χ3n) is 0.762. The first-order valence-electron chi connectivity index (χ1n) is 2.52. The molecule has 0 aromatic rings. The predicted octanol–water partition coefficient (Wildman–Crippen LogP) is 0.141. The fraction of sp³-hybridized carbons (Fsp3) is 0.800. The molecule has 0 amide bonds. The van der Waals surface area contributed by atoms with E-state index < -0.39 is 0 Å². The third-order valence-corrected chi connectivity index (χ3v) is 0.762. The van der Waals surface area contributed by atoms with E-state index in [4.69, 9.17) is 0 Å². The van der Waals surface area contributed by atoms with Crippen molar-refractivity contribution >= 4 is 0 Å². The molecule has 1 nitrogen and oxygen atoms in total. The van der Waals surface area contributed by atoms with Crippen molar-refractivity contribution in [2.75, 3.05) is 6.54 Å². The van der Waals surface area contributed by atoms with Crippen molar-refractivity contribution in [1.29, 1.82) is 0 Å².